The third-order valence-electron chi connectivity index (χ3n) is 6.48. The lowest BCUT2D eigenvalue weighted by Gasteiger charge is -2.21. The first kappa shape index (κ1) is 27.2. The van der Waals surface area contributed by atoms with Crippen LogP contribution in [0.1, 0.15) is 27.2 Å². The van der Waals surface area contributed by atoms with Gasteiger partial charge in [-0.15, -0.1) is 0 Å². The Morgan fingerprint density at radius 2 is 1.77 bits per heavy atom. The molecule has 1 amide bonds. The second-order valence-corrected chi connectivity index (χ2v) is 11.3. The van der Waals surface area contributed by atoms with Crippen LogP contribution in [0.25, 0.3) is 22.6 Å². The van der Waals surface area contributed by atoms with Gasteiger partial charge in [0.2, 0.25) is 11.8 Å². The molecule has 0 spiro atoms. The van der Waals surface area contributed by atoms with Crippen molar-refractivity contribution in [3.63, 3.8) is 0 Å². The number of hydrogen-bond acceptors (Lipinski definition) is 7. The second kappa shape index (κ2) is 11.0. The van der Waals surface area contributed by atoms with Crippen LogP contribution in [0, 0.1) is 13.8 Å². The highest BCUT2D eigenvalue weighted by Gasteiger charge is 2.25. The number of nitrogens with one attached hydrogen (secondary N) is 1. The average Bonchev–Trinajstić information content (AvgIpc) is 3.59. The molecule has 0 unspecified atom stereocenters. The molecule has 40 heavy (non-hydrogen) atoms. The molecule has 0 aliphatic heterocycles. The van der Waals surface area contributed by atoms with Crippen LogP contribution in [0.2, 0.25) is 5.02 Å². The van der Waals surface area contributed by atoms with Gasteiger partial charge < -0.3 is 13.8 Å². The number of hydrogen-bond donors (Lipinski definition) is 1. The van der Waals surface area contributed by atoms with Crippen LogP contribution >= 0.6 is 11.6 Å². The molecule has 5 aromatic rings. The summed E-state index contributed by atoms with van der Waals surface area (Å²) in [6, 6.07) is 18.7. The molecule has 0 fully saturated rings. The summed E-state index contributed by atoms with van der Waals surface area (Å²) in [6.07, 6.45) is 3.01. The van der Waals surface area contributed by atoms with Crippen molar-refractivity contribution < 1.29 is 22.2 Å². The molecule has 5 rings (SSSR count). The number of nitrogens with zero attached hydrogens (tertiary/aromatic N) is 3. The van der Waals surface area contributed by atoms with E-state index >= 15 is 0 Å². The first-order valence-corrected chi connectivity index (χ1v) is 14.1. The predicted octanol–water partition coefficient (Wildman–Crippen LogP) is 6.34. The number of aromatic nitrogens is 2. The molecule has 0 radical (unpaired) electrons. The van der Waals surface area contributed by atoms with E-state index in [9.17, 15) is 13.2 Å². The number of halogens is 1. The highest BCUT2D eigenvalue weighted by Crippen LogP contribution is 2.35. The Morgan fingerprint density at radius 3 is 2.45 bits per heavy atom. The van der Waals surface area contributed by atoms with E-state index in [0.717, 1.165) is 0 Å². The zero-order chi connectivity index (χ0) is 28.4. The molecule has 0 saturated carbocycles. The smallest absolute Gasteiger partial charge is 0.264 e. The first-order chi connectivity index (χ1) is 19.1. The van der Waals surface area contributed by atoms with Gasteiger partial charge in [-0.05, 0) is 67.4 Å². The van der Waals surface area contributed by atoms with Gasteiger partial charge in [0, 0.05) is 40.9 Å². The molecule has 0 atom stereocenters. The van der Waals surface area contributed by atoms with Crippen molar-refractivity contribution in [1.29, 1.82) is 0 Å². The fraction of sp³-hybridized carbons (Fsp3) is 0.138. The van der Waals surface area contributed by atoms with Gasteiger partial charge in [0.1, 0.15) is 6.26 Å². The molecule has 3 aromatic carbocycles. The lowest BCUT2D eigenvalue weighted by molar-refractivity contribution is 0.0785. The summed E-state index contributed by atoms with van der Waals surface area (Å²) < 4.78 is 40.3. The summed E-state index contributed by atoms with van der Waals surface area (Å²) in [5, 5.41) is 4.37. The Morgan fingerprint density at radius 1 is 1.02 bits per heavy atom. The third-order valence-corrected chi connectivity index (χ3v) is 8.12. The first-order valence-electron chi connectivity index (χ1n) is 12.2. The van der Waals surface area contributed by atoms with Gasteiger partial charge in [-0.25, -0.2) is 18.1 Å². The molecule has 1 N–H and O–H groups in total. The van der Waals surface area contributed by atoms with Crippen molar-refractivity contribution in [2.45, 2.75) is 25.3 Å². The van der Waals surface area contributed by atoms with Gasteiger partial charge >= 0.3 is 0 Å². The Balaban J connectivity index is 1.57. The normalized spacial score (nSPS) is 11.4. The summed E-state index contributed by atoms with van der Waals surface area (Å²) >= 11 is 5.99. The van der Waals surface area contributed by atoms with E-state index in [1.807, 2.05) is 6.07 Å². The van der Waals surface area contributed by atoms with Crippen molar-refractivity contribution in [3.05, 3.63) is 107 Å². The highest BCUT2D eigenvalue weighted by molar-refractivity contribution is 7.92. The standard InChI is InChI=1S/C29H25ClN4O5S/c1-18-19(2)32-39-27(18)33-40(36,37)26-7-5-4-6-25(26)24-13-10-21(28-31-14-15-38-28)16-22(24)17-34(3)29(35)20-8-11-23(30)12-9-20/h4-16,33H,17H2,1-3H3. The minimum absolute atomic E-state index is 0.0419. The van der Waals surface area contributed by atoms with Crippen molar-refractivity contribution in [2.75, 3.05) is 11.8 Å². The SMILES string of the molecule is Cc1noc(NS(=O)(=O)c2ccccc2-c2ccc(-c3ncco3)cc2CN(C)C(=O)c2ccc(Cl)cc2)c1C. The molecule has 204 valence electrons. The number of oxazole rings is 1. The monoisotopic (exact) mass is 576 g/mol. The molecule has 9 nitrogen and oxygen atoms in total. The third kappa shape index (κ3) is 5.49. The molecular formula is C29H25ClN4O5S. The summed E-state index contributed by atoms with van der Waals surface area (Å²) in [4.78, 5) is 19.0. The molecule has 0 aliphatic carbocycles. The van der Waals surface area contributed by atoms with Gasteiger partial charge in [0.05, 0.1) is 16.8 Å². The average molecular weight is 577 g/mol. The van der Waals surface area contributed by atoms with Crippen LogP contribution in [0.4, 0.5) is 5.88 Å². The number of aryl methyl sites for hydroxylation is 1. The topological polar surface area (TPSA) is 119 Å². The number of rotatable bonds is 8. The van der Waals surface area contributed by atoms with Crippen molar-refractivity contribution in [3.8, 4) is 22.6 Å². The Hall–Kier alpha value is -4.41. The highest BCUT2D eigenvalue weighted by atomic mass is 35.5. The minimum Gasteiger partial charge on any atom is -0.445 e. The van der Waals surface area contributed by atoms with Gasteiger partial charge in [-0.2, -0.15) is 0 Å². The van der Waals surface area contributed by atoms with Crippen molar-refractivity contribution >= 4 is 33.4 Å². The van der Waals surface area contributed by atoms with E-state index in [1.165, 1.54) is 12.3 Å². The van der Waals surface area contributed by atoms with Crippen LogP contribution in [-0.2, 0) is 16.6 Å². The Kier molecular flexibility index (Phi) is 7.46. The fourth-order valence-corrected chi connectivity index (χ4v) is 5.63. The van der Waals surface area contributed by atoms with Crippen LogP contribution in [0.3, 0.4) is 0 Å². The van der Waals surface area contributed by atoms with E-state index in [4.69, 9.17) is 20.5 Å². The maximum atomic E-state index is 13.6. The summed E-state index contributed by atoms with van der Waals surface area (Å²) in [5.74, 6) is 0.237. The summed E-state index contributed by atoms with van der Waals surface area (Å²) in [7, 11) is -2.39. The lowest BCUT2D eigenvalue weighted by atomic mass is 9.96. The van der Waals surface area contributed by atoms with E-state index in [-0.39, 0.29) is 23.2 Å². The molecule has 11 heteroatoms. The molecule has 0 aliphatic rings. The molecule has 0 bridgehead atoms. The van der Waals surface area contributed by atoms with E-state index < -0.39 is 10.0 Å². The minimum atomic E-state index is -4.07. The quantitative estimate of drug-likeness (QED) is 0.229. The van der Waals surface area contributed by atoms with Crippen molar-refractivity contribution in [2.24, 2.45) is 0 Å². The van der Waals surface area contributed by atoms with Gasteiger partial charge in [-0.1, -0.05) is 41.0 Å². The largest absolute Gasteiger partial charge is 0.445 e. The maximum absolute atomic E-state index is 13.6. The van der Waals surface area contributed by atoms with Crippen LogP contribution in [0.5, 0.6) is 0 Å². The van der Waals surface area contributed by atoms with Gasteiger partial charge in [0.25, 0.3) is 15.9 Å². The maximum Gasteiger partial charge on any atom is 0.264 e. The van der Waals surface area contributed by atoms with Crippen LogP contribution in [0.15, 0.2) is 93.0 Å². The van der Waals surface area contributed by atoms with E-state index in [1.54, 1.807) is 86.6 Å². The molecular weight excluding hydrogens is 552 g/mol. The van der Waals surface area contributed by atoms with Crippen molar-refractivity contribution in [1.82, 2.24) is 15.0 Å². The number of amides is 1. The Labute approximate surface area is 236 Å². The lowest BCUT2D eigenvalue weighted by Crippen LogP contribution is -2.26. The zero-order valence-corrected chi connectivity index (χ0v) is 23.5. The number of anilines is 1. The number of carbonyl (C=O) groups is 1. The number of carbonyl (C=O) groups excluding carboxylic acids is 1. The Bertz CT molecular complexity index is 1780. The summed E-state index contributed by atoms with van der Waals surface area (Å²) in [6.45, 7) is 3.63. The van der Waals surface area contributed by atoms with Crippen LogP contribution in [-0.4, -0.2) is 36.4 Å². The predicted molar refractivity (Wildman–Crippen MR) is 151 cm³/mol. The van der Waals surface area contributed by atoms with Gasteiger partial charge in [0.15, 0.2) is 0 Å². The molecule has 2 heterocycles. The van der Waals surface area contributed by atoms with E-state index in [2.05, 4.69) is 14.9 Å². The second-order valence-electron chi connectivity index (χ2n) is 9.20. The molecule has 2 aromatic heterocycles. The van der Waals surface area contributed by atoms with Gasteiger partial charge in [-0.3, -0.25) is 4.79 Å². The summed E-state index contributed by atoms with van der Waals surface area (Å²) in [5.41, 5.74) is 4.10. The number of benzene rings is 3. The van der Waals surface area contributed by atoms with Crippen LogP contribution < -0.4 is 4.72 Å². The fourth-order valence-electron chi connectivity index (χ4n) is 4.24. The number of sulfonamides is 1. The molecule has 0 saturated heterocycles. The van der Waals surface area contributed by atoms with E-state index in [0.29, 0.717) is 50.0 Å². The zero-order valence-electron chi connectivity index (χ0n) is 21.9.